The molecule has 0 spiro atoms. The van der Waals surface area contributed by atoms with E-state index in [0.29, 0.717) is 13.2 Å². The number of morpholine rings is 1. The fourth-order valence-corrected chi connectivity index (χ4v) is 3.18. The second-order valence-electron chi connectivity index (χ2n) is 7.10. The highest BCUT2D eigenvalue weighted by Gasteiger charge is 2.07. The lowest BCUT2D eigenvalue weighted by molar-refractivity contribution is 0.0353. The molecule has 30 heavy (non-hydrogen) atoms. The van der Waals surface area contributed by atoms with Gasteiger partial charge in [-0.05, 0) is 40.5 Å². The highest BCUT2D eigenvalue weighted by atomic mass is 16.5. The molecule has 0 radical (unpaired) electrons. The van der Waals surface area contributed by atoms with Gasteiger partial charge in [0.1, 0.15) is 0 Å². The lowest BCUT2D eigenvalue weighted by Gasteiger charge is -2.22. The van der Waals surface area contributed by atoms with Crippen molar-refractivity contribution in [2.45, 2.75) is 0 Å². The summed E-state index contributed by atoms with van der Waals surface area (Å²) in [4.78, 5) is 0. The van der Waals surface area contributed by atoms with E-state index < -0.39 is 0 Å². The zero-order chi connectivity index (χ0) is 20.4. The Hall–Kier alpha value is -3.50. The molecule has 4 rings (SSSR count). The molecule has 0 bridgehead atoms. The van der Waals surface area contributed by atoms with E-state index in [4.69, 9.17) is 4.74 Å². The van der Waals surface area contributed by atoms with Crippen LogP contribution in [-0.2, 0) is 4.74 Å². The Labute approximate surface area is 177 Å². The minimum atomic E-state index is 0.698. The zero-order valence-electron chi connectivity index (χ0n) is 16.9. The van der Waals surface area contributed by atoms with Gasteiger partial charge in [0, 0.05) is 0 Å². The van der Waals surface area contributed by atoms with E-state index in [1.54, 1.807) is 0 Å². The molecule has 0 aromatic heterocycles. The minimum Gasteiger partial charge on any atom is -0.378 e. The van der Waals surface area contributed by atoms with Crippen LogP contribution in [0.2, 0.25) is 0 Å². The van der Waals surface area contributed by atoms with E-state index in [1.807, 2.05) is 41.4 Å². The normalized spacial score (nSPS) is 14.9. The molecular formula is C26H25N3O. The first-order valence-corrected chi connectivity index (χ1v) is 10.2. The summed E-state index contributed by atoms with van der Waals surface area (Å²) in [5.74, 6) is 0. The molecule has 0 aliphatic carbocycles. The number of ether oxygens (including phenoxy) is 1. The van der Waals surface area contributed by atoms with Gasteiger partial charge in [-0.1, -0.05) is 90.2 Å². The SMILES string of the molecule is C(=C\c1cc(/C=C/c2ccccc2)cc(N=NN2CCOCC2)c1)/c1ccccc1. The summed E-state index contributed by atoms with van der Waals surface area (Å²) in [6.07, 6.45) is 8.46. The first kappa shape index (κ1) is 19.8. The summed E-state index contributed by atoms with van der Waals surface area (Å²) in [6.45, 7) is 2.95. The first-order chi connectivity index (χ1) is 14.8. The third kappa shape index (κ3) is 6.00. The molecule has 1 aliphatic rings. The molecule has 4 nitrogen and oxygen atoms in total. The van der Waals surface area contributed by atoms with Gasteiger partial charge in [0.05, 0.1) is 32.0 Å². The van der Waals surface area contributed by atoms with Crippen LogP contribution < -0.4 is 0 Å². The van der Waals surface area contributed by atoms with E-state index in [2.05, 4.69) is 77.1 Å². The average Bonchev–Trinajstić information content (AvgIpc) is 2.82. The van der Waals surface area contributed by atoms with Crippen molar-refractivity contribution in [3.05, 3.63) is 101 Å². The van der Waals surface area contributed by atoms with Crippen molar-refractivity contribution in [1.82, 2.24) is 5.01 Å². The summed E-state index contributed by atoms with van der Waals surface area (Å²) in [5, 5.41) is 10.8. The fraction of sp³-hybridized carbons (Fsp3) is 0.154. The molecule has 0 saturated carbocycles. The zero-order valence-corrected chi connectivity index (χ0v) is 16.9. The van der Waals surface area contributed by atoms with Crippen LogP contribution in [0.4, 0.5) is 5.69 Å². The Morgan fingerprint density at radius 1 is 0.633 bits per heavy atom. The molecule has 150 valence electrons. The van der Waals surface area contributed by atoms with Gasteiger partial charge in [-0.3, -0.25) is 5.01 Å². The van der Waals surface area contributed by atoms with Gasteiger partial charge in [-0.15, -0.1) is 5.11 Å². The van der Waals surface area contributed by atoms with Crippen LogP contribution in [-0.4, -0.2) is 31.3 Å². The molecule has 1 heterocycles. The van der Waals surface area contributed by atoms with Gasteiger partial charge in [0.15, 0.2) is 0 Å². The number of rotatable bonds is 6. The van der Waals surface area contributed by atoms with Gasteiger partial charge >= 0.3 is 0 Å². The quantitative estimate of drug-likeness (QED) is 0.360. The highest BCUT2D eigenvalue weighted by molar-refractivity contribution is 5.76. The summed E-state index contributed by atoms with van der Waals surface area (Å²) in [7, 11) is 0. The van der Waals surface area contributed by atoms with E-state index in [0.717, 1.165) is 29.9 Å². The van der Waals surface area contributed by atoms with Crippen LogP contribution in [0.3, 0.4) is 0 Å². The number of hydrogen-bond acceptors (Lipinski definition) is 3. The van der Waals surface area contributed by atoms with Crippen LogP contribution in [0.5, 0.6) is 0 Å². The molecule has 3 aromatic carbocycles. The lowest BCUT2D eigenvalue weighted by Crippen LogP contribution is -2.31. The van der Waals surface area contributed by atoms with E-state index >= 15 is 0 Å². The van der Waals surface area contributed by atoms with Crippen molar-refractivity contribution in [2.24, 2.45) is 10.3 Å². The van der Waals surface area contributed by atoms with Gasteiger partial charge in [-0.25, -0.2) is 0 Å². The maximum atomic E-state index is 5.38. The van der Waals surface area contributed by atoms with Gasteiger partial charge in [0.2, 0.25) is 0 Å². The first-order valence-electron chi connectivity index (χ1n) is 10.2. The van der Waals surface area contributed by atoms with Gasteiger partial charge < -0.3 is 4.74 Å². The molecule has 0 amide bonds. The third-order valence-corrected chi connectivity index (χ3v) is 4.77. The van der Waals surface area contributed by atoms with Crippen molar-refractivity contribution >= 4 is 30.0 Å². The summed E-state index contributed by atoms with van der Waals surface area (Å²) in [6, 6.07) is 26.9. The molecule has 1 saturated heterocycles. The Bertz CT molecular complexity index is 953. The number of hydrogen-bond donors (Lipinski definition) is 0. The van der Waals surface area contributed by atoms with Crippen LogP contribution >= 0.6 is 0 Å². The van der Waals surface area contributed by atoms with Crippen molar-refractivity contribution < 1.29 is 4.74 Å². The third-order valence-electron chi connectivity index (χ3n) is 4.77. The number of nitrogens with zero attached hydrogens (tertiary/aromatic N) is 3. The minimum absolute atomic E-state index is 0.698. The van der Waals surface area contributed by atoms with Crippen LogP contribution in [0.25, 0.3) is 24.3 Å². The fourth-order valence-electron chi connectivity index (χ4n) is 3.18. The maximum absolute atomic E-state index is 5.38. The molecule has 4 heteroatoms. The topological polar surface area (TPSA) is 37.2 Å². The van der Waals surface area contributed by atoms with E-state index in [-0.39, 0.29) is 0 Å². The average molecular weight is 396 g/mol. The molecule has 3 aromatic rings. The van der Waals surface area contributed by atoms with Crippen molar-refractivity contribution in [1.29, 1.82) is 0 Å². The predicted molar refractivity (Wildman–Crippen MR) is 124 cm³/mol. The molecule has 0 atom stereocenters. The summed E-state index contributed by atoms with van der Waals surface area (Å²) in [5.41, 5.74) is 5.35. The predicted octanol–water partition coefficient (Wildman–Crippen LogP) is 6.36. The van der Waals surface area contributed by atoms with Crippen molar-refractivity contribution in [2.75, 3.05) is 26.3 Å². The second kappa shape index (κ2) is 10.3. The Morgan fingerprint density at radius 2 is 1.13 bits per heavy atom. The maximum Gasteiger partial charge on any atom is 0.0886 e. The molecule has 0 N–H and O–H groups in total. The summed E-state index contributed by atoms with van der Waals surface area (Å²) < 4.78 is 5.38. The Kier molecular flexibility index (Phi) is 6.82. The van der Waals surface area contributed by atoms with Crippen LogP contribution in [0, 0.1) is 0 Å². The van der Waals surface area contributed by atoms with E-state index in [9.17, 15) is 0 Å². The van der Waals surface area contributed by atoms with Crippen LogP contribution in [0.1, 0.15) is 22.3 Å². The van der Waals surface area contributed by atoms with Gasteiger partial charge in [0.25, 0.3) is 0 Å². The van der Waals surface area contributed by atoms with Crippen LogP contribution in [0.15, 0.2) is 89.2 Å². The standard InChI is InChI=1S/C26H25N3O/c1-3-7-22(8-4-1)11-13-24-19-25(14-12-23-9-5-2-6-10-23)21-26(20-24)27-28-29-15-17-30-18-16-29/h1-14,19-21H,15-18H2/b13-11+,14-12+,28-27?. The van der Waals surface area contributed by atoms with Gasteiger partial charge in [-0.2, -0.15) is 0 Å². The molecule has 1 aliphatic heterocycles. The monoisotopic (exact) mass is 395 g/mol. The molecule has 1 fully saturated rings. The smallest absolute Gasteiger partial charge is 0.0886 e. The lowest BCUT2D eigenvalue weighted by atomic mass is 10.1. The molecule has 0 unspecified atom stereocenters. The van der Waals surface area contributed by atoms with E-state index in [1.165, 1.54) is 11.1 Å². The van der Waals surface area contributed by atoms with Crippen molar-refractivity contribution in [3.63, 3.8) is 0 Å². The highest BCUT2D eigenvalue weighted by Crippen LogP contribution is 2.22. The summed E-state index contributed by atoms with van der Waals surface area (Å²) >= 11 is 0. The number of benzene rings is 3. The Morgan fingerprint density at radius 3 is 1.67 bits per heavy atom. The molecular weight excluding hydrogens is 370 g/mol. The largest absolute Gasteiger partial charge is 0.378 e. The second-order valence-corrected chi connectivity index (χ2v) is 7.10. The van der Waals surface area contributed by atoms with Crippen molar-refractivity contribution in [3.8, 4) is 0 Å². The Balaban J connectivity index is 1.60.